The molecular formula is C15H19FN4O. The maximum Gasteiger partial charge on any atom is 0.244 e. The molecule has 21 heavy (non-hydrogen) atoms. The van der Waals surface area contributed by atoms with Crippen LogP contribution in [0.4, 0.5) is 10.2 Å². The molecule has 0 spiro atoms. The molecule has 1 aromatic carbocycles. The monoisotopic (exact) mass is 290 g/mol. The molecule has 2 N–H and O–H groups in total. The zero-order valence-electron chi connectivity index (χ0n) is 12.2. The summed E-state index contributed by atoms with van der Waals surface area (Å²) in [6.07, 6.45) is 1.67. The number of aromatic nitrogens is 2. The number of rotatable bonds is 5. The first-order valence-corrected chi connectivity index (χ1v) is 6.85. The van der Waals surface area contributed by atoms with Gasteiger partial charge in [-0.05, 0) is 37.6 Å². The molecule has 1 amide bonds. The van der Waals surface area contributed by atoms with Crippen LogP contribution in [-0.2, 0) is 11.3 Å². The lowest BCUT2D eigenvalue weighted by molar-refractivity contribution is -0.134. The predicted molar refractivity (Wildman–Crippen MR) is 78.8 cm³/mol. The number of hydrogen-bond donors (Lipinski definition) is 1. The zero-order valence-corrected chi connectivity index (χ0v) is 12.2. The largest absolute Gasteiger partial charge is 0.382 e. The van der Waals surface area contributed by atoms with Gasteiger partial charge in [0, 0.05) is 12.7 Å². The third-order valence-corrected chi connectivity index (χ3v) is 3.44. The molecule has 0 aliphatic heterocycles. The minimum Gasteiger partial charge on any atom is -0.382 e. The van der Waals surface area contributed by atoms with E-state index in [0.29, 0.717) is 12.4 Å². The van der Waals surface area contributed by atoms with Gasteiger partial charge in [-0.3, -0.25) is 9.48 Å². The van der Waals surface area contributed by atoms with Crippen molar-refractivity contribution >= 4 is 11.7 Å². The van der Waals surface area contributed by atoms with E-state index in [-0.39, 0.29) is 24.3 Å². The van der Waals surface area contributed by atoms with Gasteiger partial charge < -0.3 is 10.6 Å². The average Bonchev–Trinajstić information content (AvgIpc) is 2.85. The Bertz CT molecular complexity index is 608. The second-order valence-electron chi connectivity index (χ2n) is 4.85. The van der Waals surface area contributed by atoms with E-state index >= 15 is 0 Å². The second-order valence-corrected chi connectivity index (χ2v) is 4.85. The lowest BCUT2D eigenvalue weighted by Gasteiger charge is -2.28. The fourth-order valence-corrected chi connectivity index (χ4v) is 2.28. The molecule has 0 saturated heterocycles. The number of carbonyl (C=O) groups is 1. The number of halogens is 1. The highest BCUT2D eigenvalue weighted by atomic mass is 19.1. The van der Waals surface area contributed by atoms with Crippen LogP contribution in [0.5, 0.6) is 0 Å². The van der Waals surface area contributed by atoms with Crippen molar-refractivity contribution < 1.29 is 9.18 Å². The van der Waals surface area contributed by atoms with Gasteiger partial charge in [0.05, 0.1) is 6.04 Å². The lowest BCUT2D eigenvalue weighted by Crippen LogP contribution is -2.36. The fourth-order valence-electron chi connectivity index (χ4n) is 2.28. The highest BCUT2D eigenvalue weighted by molar-refractivity contribution is 5.76. The van der Waals surface area contributed by atoms with Gasteiger partial charge in [-0.1, -0.05) is 12.1 Å². The minimum absolute atomic E-state index is 0.0579. The van der Waals surface area contributed by atoms with Crippen LogP contribution in [0.2, 0.25) is 0 Å². The van der Waals surface area contributed by atoms with E-state index in [0.717, 1.165) is 5.56 Å². The van der Waals surface area contributed by atoms with Gasteiger partial charge in [-0.25, -0.2) is 4.39 Å². The number of hydrogen-bond acceptors (Lipinski definition) is 3. The van der Waals surface area contributed by atoms with Crippen molar-refractivity contribution in [2.24, 2.45) is 0 Å². The molecular weight excluding hydrogens is 271 g/mol. The first-order valence-electron chi connectivity index (χ1n) is 6.85. The molecule has 1 atom stereocenters. The molecule has 6 heteroatoms. The fraction of sp³-hybridized carbons (Fsp3) is 0.333. The van der Waals surface area contributed by atoms with E-state index in [1.54, 1.807) is 29.3 Å². The summed E-state index contributed by atoms with van der Waals surface area (Å²) in [5, 5.41) is 4.01. The molecule has 0 radical (unpaired) electrons. The molecule has 1 aromatic heterocycles. The van der Waals surface area contributed by atoms with Gasteiger partial charge in [-0.2, -0.15) is 5.10 Å². The van der Waals surface area contributed by atoms with Crippen molar-refractivity contribution in [1.82, 2.24) is 14.7 Å². The van der Waals surface area contributed by atoms with Crippen LogP contribution in [0.25, 0.3) is 0 Å². The third kappa shape index (κ3) is 3.59. The molecule has 2 aromatic rings. The molecule has 112 valence electrons. The molecule has 0 fully saturated rings. The zero-order chi connectivity index (χ0) is 15.4. The van der Waals surface area contributed by atoms with Crippen molar-refractivity contribution in [3.63, 3.8) is 0 Å². The summed E-state index contributed by atoms with van der Waals surface area (Å²) in [5.41, 5.74) is 6.43. The number of anilines is 1. The van der Waals surface area contributed by atoms with Crippen LogP contribution in [0.15, 0.2) is 36.5 Å². The topological polar surface area (TPSA) is 64.2 Å². The van der Waals surface area contributed by atoms with Gasteiger partial charge in [0.2, 0.25) is 5.91 Å². The number of amides is 1. The maximum absolute atomic E-state index is 13.0. The van der Waals surface area contributed by atoms with E-state index in [1.807, 2.05) is 13.8 Å². The van der Waals surface area contributed by atoms with Gasteiger partial charge >= 0.3 is 0 Å². The van der Waals surface area contributed by atoms with Crippen molar-refractivity contribution in [3.8, 4) is 0 Å². The Balaban J connectivity index is 2.10. The molecule has 2 rings (SSSR count). The van der Waals surface area contributed by atoms with Gasteiger partial charge in [0.25, 0.3) is 0 Å². The smallest absolute Gasteiger partial charge is 0.244 e. The molecule has 0 aliphatic carbocycles. The van der Waals surface area contributed by atoms with E-state index in [9.17, 15) is 9.18 Å². The van der Waals surface area contributed by atoms with Gasteiger partial charge in [0.15, 0.2) is 0 Å². The van der Waals surface area contributed by atoms with Crippen molar-refractivity contribution in [1.29, 1.82) is 0 Å². The Kier molecular flexibility index (Phi) is 4.57. The SMILES string of the molecule is CCN(C(=O)Cn1ccc(N)n1)C(C)c1ccc(F)cc1. The number of nitrogens with zero attached hydrogens (tertiary/aromatic N) is 3. The number of carbonyl (C=O) groups excluding carboxylic acids is 1. The van der Waals surface area contributed by atoms with Crippen LogP contribution in [0.3, 0.4) is 0 Å². The van der Waals surface area contributed by atoms with E-state index in [4.69, 9.17) is 5.73 Å². The average molecular weight is 290 g/mol. The third-order valence-electron chi connectivity index (χ3n) is 3.44. The Morgan fingerprint density at radius 3 is 2.57 bits per heavy atom. The van der Waals surface area contributed by atoms with E-state index in [2.05, 4.69) is 5.10 Å². The summed E-state index contributed by atoms with van der Waals surface area (Å²) in [6.45, 7) is 4.53. The Morgan fingerprint density at radius 1 is 1.38 bits per heavy atom. The lowest BCUT2D eigenvalue weighted by atomic mass is 10.1. The number of likely N-dealkylation sites (N-methyl/N-ethyl adjacent to an activating group) is 1. The quantitative estimate of drug-likeness (QED) is 0.918. The molecule has 0 bridgehead atoms. The van der Waals surface area contributed by atoms with Crippen LogP contribution < -0.4 is 5.73 Å². The number of nitrogen functional groups attached to an aromatic ring is 1. The molecule has 0 saturated carbocycles. The molecule has 1 heterocycles. The summed E-state index contributed by atoms with van der Waals surface area (Å²) in [7, 11) is 0. The van der Waals surface area contributed by atoms with E-state index < -0.39 is 0 Å². The van der Waals surface area contributed by atoms with Crippen molar-refractivity contribution in [2.45, 2.75) is 26.4 Å². The van der Waals surface area contributed by atoms with Crippen LogP contribution >= 0.6 is 0 Å². The highest BCUT2D eigenvalue weighted by Gasteiger charge is 2.20. The van der Waals surface area contributed by atoms with Crippen molar-refractivity contribution in [3.05, 3.63) is 47.9 Å². The number of benzene rings is 1. The Morgan fingerprint density at radius 2 is 2.05 bits per heavy atom. The normalized spacial score (nSPS) is 12.1. The standard InChI is InChI=1S/C15H19FN4O/c1-3-20(11(2)12-4-6-13(16)7-5-12)15(21)10-19-9-8-14(17)18-19/h4-9,11H,3,10H2,1-2H3,(H2,17,18). The predicted octanol–water partition coefficient (Wildman–Crippen LogP) is 2.21. The van der Waals surface area contributed by atoms with Crippen LogP contribution in [-0.4, -0.2) is 27.1 Å². The van der Waals surface area contributed by atoms with E-state index in [1.165, 1.54) is 16.8 Å². The summed E-state index contributed by atoms with van der Waals surface area (Å²) in [6, 6.07) is 7.71. The maximum atomic E-state index is 13.0. The summed E-state index contributed by atoms with van der Waals surface area (Å²) >= 11 is 0. The molecule has 0 aliphatic rings. The van der Waals surface area contributed by atoms with Gasteiger partial charge in [0.1, 0.15) is 18.2 Å². The minimum atomic E-state index is -0.285. The molecule has 5 nitrogen and oxygen atoms in total. The Hall–Kier alpha value is -2.37. The first-order chi connectivity index (χ1) is 10.0. The molecule has 1 unspecified atom stereocenters. The van der Waals surface area contributed by atoms with Crippen LogP contribution in [0.1, 0.15) is 25.5 Å². The highest BCUT2D eigenvalue weighted by Crippen LogP contribution is 2.20. The first kappa shape index (κ1) is 15.0. The summed E-state index contributed by atoms with van der Waals surface area (Å²) < 4.78 is 14.5. The van der Waals surface area contributed by atoms with Gasteiger partial charge in [-0.15, -0.1) is 0 Å². The second kappa shape index (κ2) is 6.39. The van der Waals surface area contributed by atoms with Crippen LogP contribution in [0, 0.1) is 5.82 Å². The Labute approximate surface area is 123 Å². The summed E-state index contributed by atoms with van der Waals surface area (Å²) in [4.78, 5) is 14.1. The number of nitrogens with two attached hydrogens (primary N) is 1. The summed E-state index contributed by atoms with van der Waals surface area (Å²) in [5.74, 6) is 0.0437. The van der Waals surface area contributed by atoms with Crippen molar-refractivity contribution in [2.75, 3.05) is 12.3 Å².